The molecule has 4 rings (SSSR count). The van der Waals surface area contributed by atoms with Crippen molar-refractivity contribution in [1.29, 1.82) is 0 Å². The lowest BCUT2D eigenvalue weighted by molar-refractivity contribution is 0.102. The number of carbonyl (C=O) groups excluding carboxylic acids is 1. The first kappa shape index (κ1) is 19.2. The van der Waals surface area contributed by atoms with Gasteiger partial charge in [0, 0.05) is 21.8 Å². The van der Waals surface area contributed by atoms with Gasteiger partial charge in [-0.25, -0.2) is 4.98 Å². The lowest BCUT2D eigenvalue weighted by atomic mass is 9.98. The molecular formula is C24H21ClN2O2. The second-order valence-electron chi connectivity index (χ2n) is 7.10. The van der Waals surface area contributed by atoms with Gasteiger partial charge < -0.3 is 9.73 Å². The molecule has 3 aromatic carbocycles. The first-order valence-electron chi connectivity index (χ1n) is 9.61. The van der Waals surface area contributed by atoms with Gasteiger partial charge in [0.2, 0.25) is 5.89 Å². The van der Waals surface area contributed by atoms with Crippen LogP contribution in [0.4, 0.5) is 5.69 Å². The Balaban J connectivity index is 1.53. The summed E-state index contributed by atoms with van der Waals surface area (Å²) in [5.74, 6) is 0.843. The van der Waals surface area contributed by atoms with Crippen LogP contribution in [0.2, 0.25) is 5.02 Å². The lowest BCUT2D eigenvalue weighted by Gasteiger charge is -2.07. The van der Waals surface area contributed by atoms with Crippen LogP contribution in [0.3, 0.4) is 0 Å². The number of hydrogen-bond acceptors (Lipinski definition) is 3. The first-order chi connectivity index (χ1) is 14.0. The van der Waals surface area contributed by atoms with Gasteiger partial charge in [0.05, 0.1) is 0 Å². The predicted molar refractivity (Wildman–Crippen MR) is 118 cm³/mol. The highest BCUT2D eigenvalue weighted by atomic mass is 35.5. The van der Waals surface area contributed by atoms with Crippen molar-refractivity contribution in [3.63, 3.8) is 0 Å². The third-order valence-electron chi connectivity index (χ3n) is 5.07. The highest BCUT2D eigenvalue weighted by molar-refractivity contribution is 6.31. The number of halogens is 1. The van der Waals surface area contributed by atoms with Crippen LogP contribution in [-0.4, -0.2) is 10.9 Å². The molecule has 0 radical (unpaired) electrons. The van der Waals surface area contributed by atoms with Gasteiger partial charge in [-0.2, -0.15) is 0 Å². The third kappa shape index (κ3) is 4.17. The fourth-order valence-electron chi connectivity index (χ4n) is 3.14. The van der Waals surface area contributed by atoms with Crippen LogP contribution in [-0.2, 0) is 0 Å². The minimum absolute atomic E-state index is 0.209. The van der Waals surface area contributed by atoms with E-state index in [0.29, 0.717) is 28.1 Å². The van der Waals surface area contributed by atoms with Crippen LogP contribution in [0.5, 0.6) is 0 Å². The molecule has 0 fully saturated rings. The minimum atomic E-state index is -0.209. The van der Waals surface area contributed by atoms with Gasteiger partial charge in [-0.3, -0.25) is 4.79 Å². The number of anilines is 1. The predicted octanol–water partition coefficient (Wildman–Crippen LogP) is 6.91. The summed E-state index contributed by atoms with van der Waals surface area (Å²) in [7, 11) is 0. The molecule has 1 heterocycles. The summed E-state index contributed by atoms with van der Waals surface area (Å²) < 4.78 is 5.91. The van der Waals surface area contributed by atoms with Gasteiger partial charge in [-0.1, -0.05) is 37.6 Å². The number of oxazole rings is 1. The summed E-state index contributed by atoms with van der Waals surface area (Å²) >= 11 is 5.95. The number of fused-ring (bicyclic) bond motifs is 1. The topological polar surface area (TPSA) is 55.1 Å². The number of benzene rings is 3. The van der Waals surface area contributed by atoms with E-state index in [4.69, 9.17) is 16.0 Å². The second-order valence-corrected chi connectivity index (χ2v) is 7.53. The number of carbonyl (C=O) groups is 1. The molecule has 4 aromatic rings. The van der Waals surface area contributed by atoms with Crippen molar-refractivity contribution in [2.75, 3.05) is 5.32 Å². The summed E-state index contributed by atoms with van der Waals surface area (Å²) in [6.07, 6.45) is 1.08. The van der Waals surface area contributed by atoms with Crippen LogP contribution in [0.25, 0.3) is 22.6 Å². The van der Waals surface area contributed by atoms with E-state index in [0.717, 1.165) is 23.1 Å². The van der Waals surface area contributed by atoms with Crippen molar-refractivity contribution in [3.05, 3.63) is 82.9 Å². The molecule has 146 valence electrons. The Morgan fingerprint density at radius 3 is 2.62 bits per heavy atom. The zero-order valence-electron chi connectivity index (χ0n) is 16.3. The molecule has 0 saturated heterocycles. The zero-order valence-corrected chi connectivity index (χ0v) is 17.0. The number of rotatable bonds is 5. The molecule has 0 spiro atoms. The molecule has 0 saturated carbocycles. The molecular weight excluding hydrogens is 384 g/mol. The van der Waals surface area contributed by atoms with Crippen molar-refractivity contribution in [3.8, 4) is 11.5 Å². The summed E-state index contributed by atoms with van der Waals surface area (Å²) in [6.45, 7) is 4.38. The van der Waals surface area contributed by atoms with Crippen molar-refractivity contribution in [1.82, 2.24) is 4.98 Å². The quantitative estimate of drug-likeness (QED) is 0.393. The maximum absolute atomic E-state index is 12.3. The van der Waals surface area contributed by atoms with E-state index >= 15 is 0 Å². The van der Waals surface area contributed by atoms with Gasteiger partial charge in [0.25, 0.3) is 5.91 Å². The number of amides is 1. The Kier molecular flexibility index (Phi) is 5.36. The average molecular weight is 405 g/mol. The SMILES string of the molecule is CC[C@H](C)c1ccc2oc(-c3ccc(NC(=O)c4cccc(Cl)c4)cc3)nc2c1. The molecule has 0 aliphatic rings. The fraction of sp³-hybridized carbons (Fsp3) is 0.167. The van der Waals surface area contributed by atoms with Gasteiger partial charge in [-0.05, 0) is 72.5 Å². The molecule has 0 aliphatic heterocycles. The summed E-state index contributed by atoms with van der Waals surface area (Å²) in [6, 6.07) is 20.4. The molecule has 1 amide bonds. The number of nitrogens with one attached hydrogen (secondary N) is 1. The van der Waals surface area contributed by atoms with Crippen LogP contribution in [0.15, 0.2) is 71.1 Å². The molecule has 0 bridgehead atoms. The molecule has 0 aliphatic carbocycles. The van der Waals surface area contributed by atoms with E-state index in [9.17, 15) is 4.79 Å². The summed E-state index contributed by atoms with van der Waals surface area (Å²) in [5.41, 5.74) is 4.94. The standard InChI is InChI=1S/C24H21ClN2O2/c1-3-15(2)17-9-12-22-21(14-17)27-24(29-22)16-7-10-20(11-8-16)26-23(28)18-5-4-6-19(25)13-18/h4-15H,3H2,1-2H3,(H,26,28)/t15-/m0/s1. The number of aromatic nitrogens is 1. The molecule has 4 nitrogen and oxygen atoms in total. The number of hydrogen-bond donors (Lipinski definition) is 1. The minimum Gasteiger partial charge on any atom is -0.436 e. The third-order valence-corrected chi connectivity index (χ3v) is 5.30. The zero-order chi connectivity index (χ0) is 20.4. The Labute approximate surface area is 174 Å². The van der Waals surface area contributed by atoms with Crippen molar-refractivity contribution in [2.24, 2.45) is 0 Å². The van der Waals surface area contributed by atoms with Gasteiger partial charge in [-0.15, -0.1) is 0 Å². The molecule has 1 atom stereocenters. The van der Waals surface area contributed by atoms with Gasteiger partial charge in [0.15, 0.2) is 5.58 Å². The van der Waals surface area contributed by atoms with Crippen LogP contribution in [0.1, 0.15) is 42.1 Å². The van der Waals surface area contributed by atoms with Crippen LogP contribution in [0, 0.1) is 0 Å². The van der Waals surface area contributed by atoms with Crippen LogP contribution >= 0.6 is 11.6 Å². The molecule has 5 heteroatoms. The molecule has 0 unspecified atom stereocenters. The fourth-order valence-corrected chi connectivity index (χ4v) is 3.33. The highest BCUT2D eigenvalue weighted by Crippen LogP contribution is 2.28. The Morgan fingerprint density at radius 1 is 1.10 bits per heavy atom. The van der Waals surface area contributed by atoms with Gasteiger partial charge >= 0.3 is 0 Å². The van der Waals surface area contributed by atoms with E-state index in [1.54, 1.807) is 24.3 Å². The van der Waals surface area contributed by atoms with Gasteiger partial charge in [0.1, 0.15) is 5.52 Å². The lowest BCUT2D eigenvalue weighted by Crippen LogP contribution is -2.11. The van der Waals surface area contributed by atoms with Crippen LogP contribution < -0.4 is 5.32 Å². The maximum atomic E-state index is 12.3. The summed E-state index contributed by atoms with van der Waals surface area (Å²) in [4.78, 5) is 17.0. The smallest absolute Gasteiger partial charge is 0.255 e. The molecule has 1 aromatic heterocycles. The second kappa shape index (κ2) is 8.10. The highest BCUT2D eigenvalue weighted by Gasteiger charge is 2.12. The summed E-state index contributed by atoms with van der Waals surface area (Å²) in [5, 5.41) is 3.40. The van der Waals surface area contributed by atoms with E-state index in [1.807, 2.05) is 30.3 Å². The van der Waals surface area contributed by atoms with Crippen molar-refractivity contribution in [2.45, 2.75) is 26.2 Å². The maximum Gasteiger partial charge on any atom is 0.255 e. The van der Waals surface area contributed by atoms with E-state index in [-0.39, 0.29) is 5.91 Å². The Bertz CT molecular complexity index is 1170. The monoisotopic (exact) mass is 404 g/mol. The largest absolute Gasteiger partial charge is 0.436 e. The Morgan fingerprint density at radius 2 is 1.90 bits per heavy atom. The average Bonchev–Trinajstić information content (AvgIpc) is 3.17. The van der Waals surface area contributed by atoms with E-state index in [2.05, 4.69) is 36.3 Å². The van der Waals surface area contributed by atoms with E-state index < -0.39 is 0 Å². The molecule has 29 heavy (non-hydrogen) atoms. The van der Waals surface area contributed by atoms with Crippen molar-refractivity contribution < 1.29 is 9.21 Å². The molecule has 1 N–H and O–H groups in total. The van der Waals surface area contributed by atoms with E-state index in [1.165, 1.54) is 5.56 Å². The number of nitrogens with zero attached hydrogens (tertiary/aromatic N) is 1. The first-order valence-corrected chi connectivity index (χ1v) is 9.99. The van der Waals surface area contributed by atoms with Crippen molar-refractivity contribution >= 4 is 34.3 Å². The normalized spacial score (nSPS) is 12.1. The Hall–Kier alpha value is -3.11.